The Balaban J connectivity index is 1.85. The average molecular weight is 263 g/mol. The van der Waals surface area contributed by atoms with E-state index in [1.54, 1.807) is 11.8 Å². The highest BCUT2D eigenvalue weighted by molar-refractivity contribution is 8.00. The van der Waals surface area contributed by atoms with Crippen LogP contribution in [-0.2, 0) is 11.2 Å². The molecular formula is C15H21NOS. The summed E-state index contributed by atoms with van der Waals surface area (Å²) in [5, 5.41) is 0. The molecule has 18 heavy (non-hydrogen) atoms. The zero-order valence-electron chi connectivity index (χ0n) is 11.0. The molecule has 0 radical (unpaired) electrons. The van der Waals surface area contributed by atoms with Crippen LogP contribution in [0.5, 0.6) is 0 Å². The molecule has 1 fully saturated rings. The standard InChI is InChI=1S/C15H21NOS/c1-2-5-12-8-14(10-16-9-12)18-11-15(17)13-6-3-4-7-13/h8-10,13H,2-7,11H2,1H3. The smallest absolute Gasteiger partial charge is 0.146 e. The average Bonchev–Trinajstić information content (AvgIpc) is 2.91. The molecule has 1 aliphatic rings. The quantitative estimate of drug-likeness (QED) is 0.729. The van der Waals surface area contributed by atoms with Gasteiger partial charge in [0.25, 0.3) is 0 Å². The summed E-state index contributed by atoms with van der Waals surface area (Å²) in [4.78, 5) is 17.4. The van der Waals surface area contributed by atoms with E-state index in [2.05, 4.69) is 18.0 Å². The van der Waals surface area contributed by atoms with Crippen LogP contribution < -0.4 is 0 Å². The van der Waals surface area contributed by atoms with Gasteiger partial charge in [-0.05, 0) is 30.9 Å². The fraction of sp³-hybridized carbons (Fsp3) is 0.600. The van der Waals surface area contributed by atoms with Crippen molar-refractivity contribution in [2.75, 3.05) is 5.75 Å². The predicted molar refractivity (Wildman–Crippen MR) is 75.9 cm³/mol. The molecule has 3 heteroatoms. The van der Waals surface area contributed by atoms with E-state index in [4.69, 9.17) is 0 Å². The number of rotatable bonds is 6. The number of nitrogens with zero attached hydrogens (tertiary/aromatic N) is 1. The van der Waals surface area contributed by atoms with Gasteiger partial charge in [0.15, 0.2) is 0 Å². The van der Waals surface area contributed by atoms with E-state index in [0.717, 1.165) is 30.6 Å². The van der Waals surface area contributed by atoms with E-state index in [-0.39, 0.29) is 0 Å². The molecule has 1 aromatic rings. The lowest BCUT2D eigenvalue weighted by atomic mass is 10.0. The van der Waals surface area contributed by atoms with Crippen molar-refractivity contribution in [2.45, 2.75) is 50.3 Å². The SMILES string of the molecule is CCCc1cncc(SCC(=O)C2CCCC2)c1. The lowest BCUT2D eigenvalue weighted by molar-refractivity contribution is -0.120. The van der Waals surface area contributed by atoms with E-state index < -0.39 is 0 Å². The van der Waals surface area contributed by atoms with E-state index in [0.29, 0.717) is 17.5 Å². The van der Waals surface area contributed by atoms with Crippen molar-refractivity contribution < 1.29 is 4.79 Å². The molecule has 0 aromatic carbocycles. The molecule has 1 aromatic heterocycles. The van der Waals surface area contributed by atoms with Crippen molar-refractivity contribution in [3.63, 3.8) is 0 Å². The van der Waals surface area contributed by atoms with Crippen molar-refractivity contribution in [1.82, 2.24) is 4.98 Å². The number of thioether (sulfide) groups is 1. The van der Waals surface area contributed by atoms with Gasteiger partial charge in [0.05, 0.1) is 5.75 Å². The Morgan fingerprint density at radius 2 is 2.17 bits per heavy atom. The van der Waals surface area contributed by atoms with Crippen LogP contribution in [0.15, 0.2) is 23.4 Å². The minimum Gasteiger partial charge on any atom is -0.298 e. The third-order valence-electron chi connectivity index (χ3n) is 3.50. The molecular weight excluding hydrogens is 242 g/mol. The van der Waals surface area contributed by atoms with Crippen molar-refractivity contribution in [3.8, 4) is 0 Å². The van der Waals surface area contributed by atoms with Crippen LogP contribution in [0, 0.1) is 5.92 Å². The molecule has 1 saturated carbocycles. The Hall–Kier alpha value is -0.830. The van der Waals surface area contributed by atoms with Crippen LogP contribution in [-0.4, -0.2) is 16.5 Å². The molecule has 2 rings (SSSR count). The number of hydrogen-bond donors (Lipinski definition) is 0. The van der Waals surface area contributed by atoms with Gasteiger partial charge < -0.3 is 0 Å². The second kappa shape index (κ2) is 6.93. The Labute approximate surface area is 114 Å². The number of carbonyl (C=O) groups is 1. The zero-order valence-corrected chi connectivity index (χ0v) is 11.8. The number of carbonyl (C=O) groups excluding carboxylic acids is 1. The second-order valence-corrected chi connectivity index (χ2v) is 6.06. The molecule has 2 nitrogen and oxygen atoms in total. The molecule has 0 atom stereocenters. The predicted octanol–water partition coefficient (Wildman–Crippen LogP) is 3.89. The van der Waals surface area contributed by atoms with Crippen LogP contribution in [0.25, 0.3) is 0 Å². The van der Waals surface area contributed by atoms with Gasteiger partial charge in [-0.2, -0.15) is 0 Å². The highest BCUT2D eigenvalue weighted by Crippen LogP contribution is 2.28. The third kappa shape index (κ3) is 3.84. The fourth-order valence-electron chi connectivity index (χ4n) is 2.49. The summed E-state index contributed by atoms with van der Waals surface area (Å²) in [5.74, 6) is 1.38. The first kappa shape index (κ1) is 13.6. The Kier molecular flexibility index (Phi) is 5.24. The first-order chi connectivity index (χ1) is 8.79. The van der Waals surface area contributed by atoms with Gasteiger partial charge in [-0.1, -0.05) is 26.2 Å². The minimum absolute atomic E-state index is 0.337. The summed E-state index contributed by atoms with van der Waals surface area (Å²) in [6, 6.07) is 2.17. The van der Waals surface area contributed by atoms with Crippen LogP contribution in [0.2, 0.25) is 0 Å². The number of aryl methyl sites for hydroxylation is 1. The highest BCUT2D eigenvalue weighted by Gasteiger charge is 2.22. The van der Waals surface area contributed by atoms with Crippen molar-refractivity contribution in [3.05, 3.63) is 24.0 Å². The lowest BCUT2D eigenvalue weighted by Gasteiger charge is -2.07. The van der Waals surface area contributed by atoms with E-state index in [1.165, 1.54) is 18.4 Å². The van der Waals surface area contributed by atoms with Gasteiger partial charge in [-0.3, -0.25) is 9.78 Å². The molecule has 1 aliphatic carbocycles. The topological polar surface area (TPSA) is 30.0 Å². The maximum atomic E-state index is 12.0. The van der Waals surface area contributed by atoms with E-state index >= 15 is 0 Å². The van der Waals surface area contributed by atoms with Crippen LogP contribution in [0.3, 0.4) is 0 Å². The molecule has 0 unspecified atom stereocenters. The Morgan fingerprint density at radius 3 is 2.89 bits per heavy atom. The summed E-state index contributed by atoms with van der Waals surface area (Å²) in [6.45, 7) is 2.17. The lowest BCUT2D eigenvalue weighted by Crippen LogP contribution is -2.12. The molecule has 0 amide bonds. The first-order valence-electron chi connectivity index (χ1n) is 6.89. The fourth-order valence-corrected chi connectivity index (χ4v) is 3.40. The summed E-state index contributed by atoms with van der Waals surface area (Å²) in [6.07, 6.45) is 10.7. The van der Waals surface area contributed by atoms with Crippen molar-refractivity contribution >= 4 is 17.5 Å². The number of ketones is 1. The molecule has 0 spiro atoms. The molecule has 98 valence electrons. The van der Waals surface area contributed by atoms with Crippen LogP contribution >= 0.6 is 11.8 Å². The van der Waals surface area contributed by atoms with Crippen LogP contribution in [0.4, 0.5) is 0 Å². The largest absolute Gasteiger partial charge is 0.298 e. The van der Waals surface area contributed by atoms with Crippen molar-refractivity contribution in [1.29, 1.82) is 0 Å². The molecule has 0 bridgehead atoms. The third-order valence-corrected chi connectivity index (χ3v) is 4.49. The molecule has 0 aliphatic heterocycles. The highest BCUT2D eigenvalue weighted by atomic mass is 32.2. The van der Waals surface area contributed by atoms with E-state index in [9.17, 15) is 4.79 Å². The van der Waals surface area contributed by atoms with Gasteiger partial charge in [0.2, 0.25) is 0 Å². The van der Waals surface area contributed by atoms with Gasteiger partial charge in [-0.25, -0.2) is 0 Å². The maximum Gasteiger partial charge on any atom is 0.146 e. The summed E-state index contributed by atoms with van der Waals surface area (Å²) in [5.41, 5.74) is 1.27. The number of pyridine rings is 1. The summed E-state index contributed by atoms with van der Waals surface area (Å²) >= 11 is 1.64. The molecule has 1 heterocycles. The molecule has 0 saturated heterocycles. The minimum atomic E-state index is 0.337. The number of aromatic nitrogens is 1. The van der Waals surface area contributed by atoms with Crippen LogP contribution in [0.1, 0.15) is 44.6 Å². The maximum absolute atomic E-state index is 12.0. The molecule has 0 N–H and O–H groups in total. The summed E-state index contributed by atoms with van der Waals surface area (Å²) < 4.78 is 0. The number of Topliss-reactive ketones (excluding diaryl/α,β-unsaturated/α-hetero) is 1. The van der Waals surface area contributed by atoms with Gasteiger partial charge in [-0.15, -0.1) is 11.8 Å². The van der Waals surface area contributed by atoms with Crippen molar-refractivity contribution in [2.24, 2.45) is 5.92 Å². The number of hydrogen-bond acceptors (Lipinski definition) is 3. The van der Waals surface area contributed by atoms with Gasteiger partial charge in [0, 0.05) is 23.2 Å². The first-order valence-corrected chi connectivity index (χ1v) is 7.87. The summed E-state index contributed by atoms with van der Waals surface area (Å²) in [7, 11) is 0. The van der Waals surface area contributed by atoms with E-state index in [1.807, 2.05) is 12.4 Å². The Morgan fingerprint density at radius 1 is 1.39 bits per heavy atom. The van der Waals surface area contributed by atoms with Gasteiger partial charge >= 0.3 is 0 Å². The van der Waals surface area contributed by atoms with Gasteiger partial charge in [0.1, 0.15) is 5.78 Å². The monoisotopic (exact) mass is 263 g/mol. The second-order valence-electron chi connectivity index (χ2n) is 5.02. The Bertz CT molecular complexity index is 399. The normalized spacial score (nSPS) is 16.1. The zero-order chi connectivity index (χ0) is 12.8.